The third-order valence-electron chi connectivity index (χ3n) is 3.36. The van der Waals surface area contributed by atoms with Crippen LogP contribution in [0.2, 0.25) is 0 Å². The maximum atomic E-state index is 11.9. The standard InChI is InChI=1S/C15H22N2O.ClH/c1-15(2,13-6-4-3-5-7-13)17-14(18)11-16-10-12-8-9-12;/h3-7,12,16H,8-11H2,1-2H3,(H,17,18);1H. The molecule has 3 nitrogen and oxygen atoms in total. The molecule has 2 N–H and O–H groups in total. The van der Waals surface area contributed by atoms with Gasteiger partial charge >= 0.3 is 0 Å². The number of hydrogen-bond donors (Lipinski definition) is 2. The molecular formula is C15H23ClN2O. The average Bonchev–Trinajstić information content (AvgIpc) is 3.13. The summed E-state index contributed by atoms with van der Waals surface area (Å²) in [6.45, 7) is 5.44. The van der Waals surface area contributed by atoms with Crippen molar-refractivity contribution in [1.29, 1.82) is 0 Å². The van der Waals surface area contributed by atoms with Gasteiger partial charge in [0, 0.05) is 0 Å². The molecule has 2 rings (SSSR count). The second-order valence-electron chi connectivity index (χ2n) is 5.61. The van der Waals surface area contributed by atoms with Crippen LogP contribution in [0.5, 0.6) is 0 Å². The first kappa shape index (κ1) is 16.0. The zero-order valence-electron chi connectivity index (χ0n) is 11.6. The van der Waals surface area contributed by atoms with Gasteiger partial charge in [-0.15, -0.1) is 12.4 Å². The van der Waals surface area contributed by atoms with E-state index in [1.54, 1.807) is 0 Å². The molecule has 0 aromatic heterocycles. The van der Waals surface area contributed by atoms with E-state index in [2.05, 4.69) is 10.6 Å². The van der Waals surface area contributed by atoms with E-state index in [1.807, 2.05) is 44.2 Å². The highest BCUT2D eigenvalue weighted by atomic mass is 35.5. The van der Waals surface area contributed by atoms with E-state index >= 15 is 0 Å². The van der Waals surface area contributed by atoms with Gasteiger partial charge in [-0.25, -0.2) is 0 Å². The first-order valence-corrected chi connectivity index (χ1v) is 6.65. The Bertz CT molecular complexity index is 402. The summed E-state index contributed by atoms with van der Waals surface area (Å²) in [5.41, 5.74) is 0.806. The van der Waals surface area contributed by atoms with Crippen molar-refractivity contribution in [1.82, 2.24) is 10.6 Å². The summed E-state index contributed by atoms with van der Waals surface area (Å²) in [7, 11) is 0. The largest absolute Gasteiger partial charge is 0.346 e. The number of benzene rings is 1. The highest BCUT2D eigenvalue weighted by Gasteiger charge is 2.23. The Morgan fingerprint density at radius 2 is 1.89 bits per heavy atom. The molecule has 0 bridgehead atoms. The first-order valence-electron chi connectivity index (χ1n) is 6.65. The van der Waals surface area contributed by atoms with E-state index < -0.39 is 0 Å². The van der Waals surface area contributed by atoms with Crippen LogP contribution in [-0.4, -0.2) is 19.0 Å². The first-order chi connectivity index (χ1) is 8.58. The Kier molecular flexibility index (Phi) is 5.83. The van der Waals surface area contributed by atoms with Gasteiger partial charge in [-0.1, -0.05) is 30.3 Å². The van der Waals surface area contributed by atoms with Crippen LogP contribution in [0, 0.1) is 5.92 Å². The Labute approximate surface area is 121 Å². The monoisotopic (exact) mass is 282 g/mol. The second kappa shape index (κ2) is 6.92. The fourth-order valence-electron chi connectivity index (χ4n) is 2.03. The molecule has 1 aromatic carbocycles. The molecule has 106 valence electrons. The van der Waals surface area contributed by atoms with E-state index in [0.29, 0.717) is 6.54 Å². The van der Waals surface area contributed by atoms with Crippen molar-refractivity contribution in [2.75, 3.05) is 13.1 Å². The van der Waals surface area contributed by atoms with Crippen molar-refractivity contribution in [2.45, 2.75) is 32.2 Å². The quantitative estimate of drug-likeness (QED) is 0.842. The lowest BCUT2D eigenvalue weighted by Gasteiger charge is -2.27. The lowest BCUT2D eigenvalue weighted by molar-refractivity contribution is -0.121. The number of carbonyl (C=O) groups is 1. The SMILES string of the molecule is CC(C)(NC(=O)CNCC1CC1)c1ccccc1.Cl. The molecule has 1 aliphatic carbocycles. The molecule has 0 unspecified atom stereocenters. The van der Waals surface area contributed by atoms with Gasteiger partial charge < -0.3 is 10.6 Å². The van der Waals surface area contributed by atoms with Gasteiger partial charge in [-0.2, -0.15) is 0 Å². The van der Waals surface area contributed by atoms with Crippen LogP contribution in [0.3, 0.4) is 0 Å². The smallest absolute Gasteiger partial charge is 0.234 e. The summed E-state index contributed by atoms with van der Waals surface area (Å²) in [4.78, 5) is 11.9. The summed E-state index contributed by atoms with van der Waals surface area (Å²) in [5, 5.41) is 6.27. The molecule has 1 aromatic rings. The second-order valence-corrected chi connectivity index (χ2v) is 5.61. The van der Waals surface area contributed by atoms with Gasteiger partial charge in [0.15, 0.2) is 0 Å². The van der Waals surface area contributed by atoms with Crippen LogP contribution < -0.4 is 10.6 Å². The van der Waals surface area contributed by atoms with Crippen LogP contribution in [0.15, 0.2) is 30.3 Å². The van der Waals surface area contributed by atoms with E-state index in [-0.39, 0.29) is 23.9 Å². The Morgan fingerprint density at radius 1 is 1.26 bits per heavy atom. The molecule has 0 radical (unpaired) electrons. The van der Waals surface area contributed by atoms with Crippen LogP contribution in [0.25, 0.3) is 0 Å². The number of nitrogens with one attached hydrogen (secondary N) is 2. The van der Waals surface area contributed by atoms with Crippen molar-refractivity contribution in [2.24, 2.45) is 5.92 Å². The molecule has 4 heteroatoms. The van der Waals surface area contributed by atoms with E-state index in [4.69, 9.17) is 0 Å². The molecule has 19 heavy (non-hydrogen) atoms. The molecule has 0 aliphatic heterocycles. The van der Waals surface area contributed by atoms with Gasteiger partial charge in [-0.3, -0.25) is 4.79 Å². The molecule has 0 heterocycles. The minimum atomic E-state index is -0.320. The number of carbonyl (C=O) groups excluding carboxylic acids is 1. The van der Waals surface area contributed by atoms with Gasteiger partial charge in [0.2, 0.25) is 5.91 Å². The molecular weight excluding hydrogens is 260 g/mol. The summed E-state index contributed by atoms with van der Waals surface area (Å²) < 4.78 is 0. The van der Waals surface area contributed by atoms with Crippen LogP contribution in [0.4, 0.5) is 0 Å². The van der Waals surface area contributed by atoms with E-state index in [0.717, 1.165) is 18.0 Å². The number of rotatable bonds is 6. The van der Waals surface area contributed by atoms with Crippen molar-refractivity contribution >= 4 is 18.3 Å². The van der Waals surface area contributed by atoms with Gasteiger partial charge in [0.05, 0.1) is 12.1 Å². The topological polar surface area (TPSA) is 41.1 Å². The van der Waals surface area contributed by atoms with E-state index in [9.17, 15) is 4.79 Å². The van der Waals surface area contributed by atoms with Crippen LogP contribution in [-0.2, 0) is 10.3 Å². The maximum Gasteiger partial charge on any atom is 0.234 e. The Morgan fingerprint density at radius 3 is 2.47 bits per heavy atom. The lowest BCUT2D eigenvalue weighted by atomic mass is 9.94. The van der Waals surface area contributed by atoms with Crippen LogP contribution in [0.1, 0.15) is 32.3 Å². The normalized spacial score (nSPS) is 14.6. The van der Waals surface area contributed by atoms with Gasteiger partial charge in [-0.05, 0) is 44.7 Å². The zero-order valence-corrected chi connectivity index (χ0v) is 12.4. The molecule has 1 amide bonds. The molecule has 1 aliphatic rings. The van der Waals surface area contributed by atoms with E-state index in [1.165, 1.54) is 12.8 Å². The number of halogens is 1. The van der Waals surface area contributed by atoms with Gasteiger partial charge in [0.25, 0.3) is 0 Å². The maximum absolute atomic E-state index is 11.9. The van der Waals surface area contributed by atoms with Crippen molar-refractivity contribution in [3.05, 3.63) is 35.9 Å². The lowest BCUT2D eigenvalue weighted by Crippen LogP contribution is -2.45. The van der Waals surface area contributed by atoms with Gasteiger partial charge in [0.1, 0.15) is 0 Å². The number of hydrogen-bond acceptors (Lipinski definition) is 2. The molecule has 0 spiro atoms. The molecule has 0 saturated heterocycles. The van der Waals surface area contributed by atoms with Crippen molar-refractivity contribution < 1.29 is 4.79 Å². The average molecular weight is 283 g/mol. The minimum absolute atomic E-state index is 0. The zero-order chi connectivity index (χ0) is 13.0. The fourth-order valence-corrected chi connectivity index (χ4v) is 2.03. The van der Waals surface area contributed by atoms with Crippen LogP contribution >= 0.6 is 12.4 Å². The fraction of sp³-hybridized carbons (Fsp3) is 0.533. The van der Waals surface area contributed by atoms with Crippen molar-refractivity contribution in [3.63, 3.8) is 0 Å². The highest BCUT2D eigenvalue weighted by molar-refractivity contribution is 5.85. The predicted molar refractivity (Wildman–Crippen MR) is 80.5 cm³/mol. The number of amides is 1. The molecule has 1 saturated carbocycles. The summed E-state index contributed by atoms with van der Waals surface area (Å²) in [5.74, 6) is 0.865. The third-order valence-corrected chi connectivity index (χ3v) is 3.36. The molecule has 0 atom stereocenters. The highest BCUT2D eigenvalue weighted by Crippen LogP contribution is 2.27. The minimum Gasteiger partial charge on any atom is -0.346 e. The third kappa shape index (κ3) is 5.21. The predicted octanol–water partition coefficient (Wildman–Crippen LogP) is 2.46. The molecule has 1 fully saturated rings. The Hall–Kier alpha value is -1.06. The summed E-state index contributed by atoms with van der Waals surface area (Å²) in [6, 6.07) is 10.1. The van der Waals surface area contributed by atoms with Crippen molar-refractivity contribution in [3.8, 4) is 0 Å². The summed E-state index contributed by atoms with van der Waals surface area (Å²) in [6.07, 6.45) is 2.62. The summed E-state index contributed by atoms with van der Waals surface area (Å²) >= 11 is 0. The Balaban J connectivity index is 0.00000180.